The molecule has 1 rings (SSSR count). The number of carboxylic acids is 2. The summed E-state index contributed by atoms with van der Waals surface area (Å²) in [6, 6.07) is 8.34. The van der Waals surface area contributed by atoms with Crippen molar-refractivity contribution in [3.8, 4) is 0 Å². The van der Waals surface area contributed by atoms with Gasteiger partial charge in [0.1, 0.15) is 0 Å². The lowest BCUT2D eigenvalue weighted by Gasteiger charge is -2.24. The van der Waals surface area contributed by atoms with Gasteiger partial charge in [0.05, 0.1) is 0 Å². The van der Waals surface area contributed by atoms with Crippen LogP contribution in [0.4, 0.5) is 5.69 Å². The predicted octanol–water partition coefficient (Wildman–Crippen LogP) is 0.841. The molecule has 7 heteroatoms. The van der Waals surface area contributed by atoms with E-state index in [-0.39, 0.29) is 6.54 Å². The SMILES string of the molecule is COCCCN(C(=O)C(C(=O)O)C(=O)O)c1ccccc1. The first kappa shape index (κ1) is 16.6. The average molecular weight is 295 g/mol. The molecule has 21 heavy (non-hydrogen) atoms. The van der Waals surface area contributed by atoms with Crippen LogP contribution in [0.2, 0.25) is 0 Å². The van der Waals surface area contributed by atoms with Gasteiger partial charge in [-0.15, -0.1) is 0 Å². The normalized spacial score (nSPS) is 10.4. The number of hydrogen-bond donors (Lipinski definition) is 2. The fourth-order valence-electron chi connectivity index (χ4n) is 1.81. The highest BCUT2D eigenvalue weighted by Gasteiger charge is 2.37. The molecule has 0 saturated heterocycles. The highest BCUT2D eigenvalue weighted by Crippen LogP contribution is 2.17. The highest BCUT2D eigenvalue weighted by molar-refractivity contribution is 6.18. The Hall–Kier alpha value is -2.41. The van der Waals surface area contributed by atoms with Crippen LogP contribution in [-0.4, -0.2) is 48.3 Å². The average Bonchev–Trinajstić information content (AvgIpc) is 2.43. The van der Waals surface area contributed by atoms with Crippen LogP contribution in [0.1, 0.15) is 6.42 Å². The zero-order chi connectivity index (χ0) is 15.8. The molecule has 0 aromatic heterocycles. The first-order valence-corrected chi connectivity index (χ1v) is 6.30. The maximum absolute atomic E-state index is 12.2. The monoisotopic (exact) mass is 295 g/mol. The number of hydrogen-bond acceptors (Lipinski definition) is 4. The number of methoxy groups -OCH3 is 1. The summed E-state index contributed by atoms with van der Waals surface area (Å²) in [5.41, 5.74) is 0.450. The van der Waals surface area contributed by atoms with Gasteiger partial charge >= 0.3 is 11.9 Å². The van der Waals surface area contributed by atoms with Crippen molar-refractivity contribution in [3.63, 3.8) is 0 Å². The summed E-state index contributed by atoms with van der Waals surface area (Å²) in [6.07, 6.45) is 0.461. The molecular weight excluding hydrogens is 278 g/mol. The molecule has 1 amide bonds. The first-order chi connectivity index (χ1) is 9.99. The third-order valence-corrected chi connectivity index (χ3v) is 2.80. The van der Waals surface area contributed by atoms with E-state index < -0.39 is 23.8 Å². The molecule has 0 aliphatic heterocycles. The molecule has 0 aliphatic carbocycles. The van der Waals surface area contributed by atoms with Crippen molar-refractivity contribution in [2.75, 3.05) is 25.2 Å². The van der Waals surface area contributed by atoms with Gasteiger partial charge in [-0.1, -0.05) is 18.2 Å². The minimum atomic E-state index is -2.12. The van der Waals surface area contributed by atoms with Gasteiger partial charge in [-0.2, -0.15) is 0 Å². The second-order valence-corrected chi connectivity index (χ2v) is 4.28. The Kier molecular flexibility index (Phi) is 6.35. The summed E-state index contributed by atoms with van der Waals surface area (Å²) < 4.78 is 4.89. The minimum absolute atomic E-state index is 0.174. The number of anilines is 1. The summed E-state index contributed by atoms with van der Waals surface area (Å²) >= 11 is 0. The van der Waals surface area contributed by atoms with Crippen LogP contribution in [0.15, 0.2) is 30.3 Å². The van der Waals surface area contributed by atoms with Crippen LogP contribution in [0.5, 0.6) is 0 Å². The third kappa shape index (κ3) is 4.57. The van der Waals surface area contributed by atoms with E-state index in [0.29, 0.717) is 18.7 Å². The number of benzene rings is 1. The van der Waals surface area contributed by atoms with Gasteiger partial charge in [-0.3, -0.25) is 14.4 Å². The lowest BCUT2D eigenvalue weighted by molar-refractivity contribution is -0.157. The third-order valence-electron chi connectivity index (χ3n) is 2.80. The Labute approximate surface area is 121 Å². The molecule has 1 aromatic rings. The van der Waals surface area contributed by atoms with Crippen molar-refractivity contribution in [3.05, 3.63) is 30.3 Å². The van der Waals surface area contributed by atoms with Gasteiger partial charge in [0, 0.05) is 25.9 Å². The molecule has 0 fully saturated rings. The molecule has 0 radical (unpaired) electrons. The van der Waals surface area contributed by atoms with Crippen molar-refractivity contribution in [1.29, 1.82) is 0 Å². The van der Waals surface area contributed by atoms with Gasteiger partial charge in [0.25, 0.3) is 5.91 Å². The number of carbonyl (C=O) groups excluding carboxylic acids is 1. The Morgan fingerprint density at radius 1 is 1.14 bits per heavy atom. The lowest BCUT2D eigenvalue weighted by atomic mass is 10.1. The van der Waals surface area contributed by atoms with Gasteiger partial charge in [0.2, 0.25) is 5.92 Å². The molecule has 7 nitrogen and oxygen atoms in total. The quantitative estimate of drug-likeness (QED) is 0.544. The van der Waals surface area contributed by atoms with Crippen LogP contribution < -0.4 is 4.90 Å². The fraction of sp³-hybridized carbons (Fsp3) is 0.357. The number of para-hydroxylation sites is 1. The number of aliphatic carboxylic acids is 2. The standard InChI is InChI=1S/C14H17NO6/c1-21-9-5-8-15(10-6-3-2-4-7-10)12(16)11(13(17)18)14(19)20/h2-4,6-7,11H,5,8-9H2,1H3,(H,17,18)(H,19,20). The van der Waals surface area contributed by atoms with Crippen LogP contribution in [0, 0.1) is 5.92 Å². The van der Waals surface area contributed by atoms with E-state index in [0.717, 1.165) is 4.90 Å². The number of amides is 1. The Balaban J connectivity index is 3.02. The van der Waals surface area contributed by atoms with E-state index in [1.54, 1.807) is 30.3 Å². The molecule has 1 aromatic carbocycles. The summed E-state index contributed by atoms with van der Waals surface area (Å²) in [5, 5.41) is 17.9. The minimum Gasteiger partial charge on any atom is -0.480 e. The largest absolute Gasteiger partial charge is 0.480 e. The van der Waals surface area contributed by atoms with Crippen molar-refractivity contribution >= 4 is 23.5 Å². The Morgan fingerprint density at radius 2 is 1.71 bits per heavy atom. The van der Waals surface area contributed by atoms with Gasteiger partial charge in [-0.25, -0.2) is 0 Å². The molecule has 114 valence electrons. The lowest BCUT2D eigenvalue weighted by Crippen LogP contribution is -2.44. The molecule has 0 spiro atoms. The van der Waals surface area contributed by atoms with E-state index in [9.17, 15) is 14.4 Å². The highest BCUT2D eigenvalue weighted by atomic mass is 16.5. The van der Waals surface area contributed by atoms with Gasteiger partial charge in [0.15, 0.2) is 0 Å². The zero-order valence-corrected chi connectivity index (χ0v) is 11.6. The van der Waals surface area contributed by atoms with Crippen molar-refractivity contribution < 1.29 is 29.3 Å². The van der Waals surface area contributed by atoms with E-state index in [4.69, 9.17) is 14.9 Å². The summed E-state index contributed by atoms with van der Waals surface area (Å²) in [6.45, 7) is 0.551. The van der Waals surface area contributed by atoms with Crippen molar-refractivity contribution in [2.24, 2.45) is 5.92 Å². The van der Waals surface area contributed by atoms with Crippen LogP contribution in [-0.2, 0) is 19.1 Å². The van der Waals surface area contributed by atoms with Crippen molar-refractivity contribution in [1.82, 2.24) is 0 Å². The van der Waals surface area contributed by atoms with Gasteiger partial charge in [-0.05, 0) is 18.6 Å². The second-order valence-electron chi connectivity index (χ2n) is 4.28. The van der Waals surface area contributed by atoms with E-state index in [2.05, 4.69) is 0 Å². The summed E-state index contributed by atoms with van der Waals surface area (Å²) in [7, 11) is 1.51. The number of carbonyl (C=O) groups is 3. The molecule has 0 unspecified atom stereocenters. The number of nitrogens with zero attached hydrogens (tertiary/aromatic N) is 1. The molecule has 0 atom stereocenters. The van der Waals surface area contributed by atoms with E-state index in [1.165, 1.54) is 7.11 Å². The second kappa shape index (κ2) is 8.01. The van der Waals surface area contributed by atoms with Crippen molar-refractivity contribution in [2.45, 2.75) is 6.42 Å². The van der Waals surface area contributed by atoms with E-state index >= 15 is 0 Å². The maximum Gasteiger partial charge on any atom is 0.327 e. The molecular formula is C14H17NO6. The molecule has 2 N–H and O–H groups in total. The fourth-order valence-corrected chi connectivity index (χ4v) is 1.81. The van der Waals surface area contributed by atoms with Gasteiger partial charge < -0.3 is 19.8 Å². The molecule has 0 bridgehead atoms. The summed E-state index contributed by atoms with van der Waals surface area (Å²) in [4.78, 5) is 35.4. The Bertz CT molecular complexity index is 487. The molecule has 0 heterocycles. The number of carboxylic acid groups (broad SMARTS) is 2. The molecule has 0 aliphatic rings. The first-order valence-electron chi connectivity index (χ1n) is 6.30. The Morgan fingerprint density at radius 3 is 2.19 bits per heavy atom. The predicted molar refractivity (Wildman–Crippen MR) is 74.0 cm³/mol. The topological polar surface area (TPSA) is 104 Å². The maximum atomic E-state index is 12.2. The van der Waals surface area contributed by atoms with Crippen LogP contribution >= 0.6 is 0 Å². The van der Waals surface area contributed by atoms with Crippen LogP contribution in [0.25, 0.3) is 0 Å². The van der Waals surface area contributed by atoms with Crippen LogP contribution in [0.3, 0.4) is 0 Å². The van der Waals surface area contributed by atoms with E-state index in [1.807, 2.05) is 0 Å². The number of ether oxygens (including phenoxy) is 1. The molecule has 0 saturated carbocycles. The summed E-state index contributed by atoms with van der Waals surface area (Å²) in [5.74, 6) is -6.45. The number of rotatable bonds is 8. The zero-order valence-electron chi connectivity index (χ0n) is 11.6. The smallest absolute Gasteiger partial charge is 0.327 e.